The van der Waals surface area contributed by atoms with Crippen LogP contribution in [0.4, 0.5) is 5.69 Å². The van der Waals surface area contributed by atoms with Gasteiger partial charge in [-0.25, -0.2) is 0 Å². The van der Waals surface area contributed by atoms with E-state index >= 15 is 0 Å². The highest BCUT2D eigenvalue weighted by Crippen LogP contribution is 2.01. The summed E-state index contributed by atoms with van der Waals surface area (Å²) in [5, 5.41) is 2.73. The molecule has 0 heterocycles. The van der Waals surface area contributed by atoms with Gasteiger partial charge in [0.05, 0.1) is 4.11 Å². The number of rotatable bonds is 1. The Morgan fingerprint density at radius 2 is 2.12 bits per heavy atom. The minimum Gasteiger partial charge on any atom is -0.388 e. The van der Waals surface area contributed by atoms with Gasteiger partial charge >= 0.3 is 0 Å². The average molecular weight is 110 g/mol. The lowest BCUT2D eigenvalue weighted by Gasteiger charge is -1.94. The molecular weight excluding hydrogens is 98.1 g/mol. The smallest absolute Gasteiger partial charge is 0.0645 e. The van der Waals surface area contributed by atoms with Crippen LogP contribution in [0.25, 0.3) is 0 Å². The summed E-state index contributed by atoms with van der Waals surface area (Å²) in [6.07, 6.45) is 0. The van der Waals surface area contributed by atoms with Crippen LogP contribution in [-0.2, 0) is 0 Å². The minimum atomic E-state index is 0.199. The van der Waals surface area contributed by atoms with Crippen LogP contribution in [0.3, 0.4) is 0 Å². The van der Waals surface area contributed by atoms with E-state index in [1.807, 2.05) is 0 Å². The SMILES string of the molecule is [2H]c1cc([2H])c(NC)c([2H])c1. The predicted octanol–water partition coefficient (Wildman–Crippen LogP) is 1.73. The van der Waals surface area contributed by atoms with Crippen molar-refractivity contribution in [1.82, 2.24) is 0 Å². The molecule has 8 heavy (non-hydrogen) atoms. The topological polar surface area (TPSA) is 12.0 Å². The summed E-state index contributed by atoms with van der Waals surface area (Å²) in [6, 6.07) is 3.42. The Kier molecular flexibility index (Phi) is 0.747. The molecule has 0 saturated carbocycles. The summed E-state index contributed by atoms with van der Waals surface area (Å²) >= 11 is 0. The highest BCUT2D eigenvalue weighted by Gasteiger charge is 1.77. The van der Waals surface area contributed by atoms with Crippen molar-refractivity contribution in [1.29, 1.82) is 0 Å². The van der Waals surface area contributed by atoms with Crippen LogP contribution in [0.2, 0.25) is 0 Å². The fourth-order valence-electron chi connectivity index (χ4n) is 0.455. The summed E-state index contributed by atoms with van der Waals surface area (Å²) in [7, 11) is 1.66. The van der Waals surface area contributed by atoms with Crippen LogP contribution in [0, 0.1) is 0 Å². The van der Waals surface area contributed by atoms with Gasteiger partial charge in [0.25, 0.3) is 0 Å². The molecule has 1 rings (SSSR count). The zero-order valence-corrected chi connectivity index (χ0v) is 4.65. The van der Waals surface area contributed by atoms with Gasteiger partial charge in [-0.2, -0.15) is 0 Å². The molecule has 0 atom stereocenters. The second-order valence-corrected chi connectivity index (χ2v) is 1.37. The Labute approximate surface area is 53.6 Å². The Morgan fingerprint density at radius 1 is 1.50 bits per heavy atom. The highest BCUT2D eigenvalue weighted by molar-refractivity contribution is 5.41. The first-order valence-electron chi connectivity index (χ1n) is 3.90. The van der Waals surface area contributed by atoms with Crippen molar-refractivity contribution in [2.45, 2.75) is 0 Å². The normalized spacial score (nSPS) is 13.9. The van der Waals surface area contributed by atoms with Crippen molar-refractivity contribution >= 4 is 5.69 Å². The van der Waals surface area contributed by atoms with Crippen LogP contribution in [0.1, 0.15) is 4.11 Å². The number of hydrogen-bond donors (Lipinski definition) is 1. The summed E-state index contributed by atoms with van der Waals surface area (Å²) in [4.78, 5) is 0. The maximum atomic E-state index is 7.35. The fourth-order valence-corrected chi connectivity index (χ4v) is 0.455. The molecule has 1 heteroatoms. The second-order valence-electron chi connectivity index (χ2n) is 1.37. The highest BCUT2D eigenvalue weighted by atomic mass is 14.8. The molecule has 1 nitrogen and oxygen atoms in total. The van der Waals surface area contributed by atoms with Gasteiger partial charge in [-0.15, -0.1) is 0 Å². The van der Waals surface area contributed by atoms with Gasteiger partial charge < -0.3 is 5.32 Å². The van der Waals surface area contributed by atoms with E-state index in [2.05, 4.69) is 5.32 Å². The lowest BCUT2D eigenvalue weighted by Crippen LogP contribution is -1.84. The average Bonchev–Trinajstić information content (AvgIpc) is 1.85. The maximum absolute atomic E-state index is 7.35. The van der Waals surface area contributed by atoms with E-state index in [4.69, 9.17) is 4.11 Å². The molecule has 1 N–H and O–H groups in total. The predicted molar refractivity (Wildman–Crippen MR) is 36.0 cm³/mol. The van der Waals surface area contributed by atoms with E-state index in [9.17, 15) is 0 Å². The molecule has 0 bridgehead atoms. The number of hydrogen-bond acceptors (Lipinski definition) is 1. The summed E-state index contributed by atoms with van der Waals surface area (Å²) in [6.45, 7) is 0. The van der Waals surface area contributed by atoms with E-state index in [0.29, 0.717) is 5.69 Å². The maximum Gasteiger partial charge on any atom is 0.0645 e. The zero-order chi connectivity index (χ0) is 8.43. The molecular formula is C7H9N. The molecule has 0 amide bonds. The molecule has 1 aromatic carbocycles. The molecule has 0 fully saturated rings. The first-order chi connectivity index (χ1) is 5.15. The van der Waals surface area contributed by atoms with Crippen LogP contribution in [0.15, 0.2) is 30.3 Å². The lowest BCUT2D eigenvalue weighted by atomic mass is 10.3. The van der Waals surface area contributed by atoms with Gasteiger partial charge in [0.2, 0.25) is 0 Å². The van der Waals surface area contributed by atoms with E-state index in [1.165, 1.54) is 12.1 Å². The van der Waals surface area contributed by atoms with E-state index in [0.717, 1.165) is 0 Å². The molecule has 0 aromatic heterocycles. The zero-order valence-electron chi connectivity index (χ0n) is 7.65. The Balaban J connectivity index is 3.25. The van der Waals surface area contributed by atoms with E-state index in [1.54, 1.807) is 7.05 Å². The number of benzene rings is 1. The number of nitrogens with one attached hydrogen (secondary N) is 1. The Bertz CT molecular complexity index is 249. The second kappa shape index (κ2) is 2.36. The van der Waals surface area contributed by atoms with Gasteiger partial charge in [-0.1, -0.05) is 18.2 Å². The van der Waals surface area contributed by atoms with Crippen LogP contribution in [-0.4, -0.2) is 7.05 Å². The van der Waals surface area contributed by atoms with Crippen molar-refractivity contribution in [3.63, 3.8) is 0 Å². The standard InChI is InChI=1S/C7H9N/c1-8-7-5-3-2-4-6-7/h2-6,8H,1H3/i2D,5D,6D. The van der Waals surface area contributed by atoms with E-state index < -0.39 is 0 Å². The van der Waals surface area contributed by atoms with Crippen molar-refractivity contribution in [2.75, 3.05) is 12.4 Å². The van der Waals surface area contributed by atoms with Crippen molar-refractivity contribution in [2.24, 2.45) is 0 Å². The van der Waals surface area contributed by atoms with Gasteiger partial charge in [0.15, 0.2) is 0 Å². The van der Waals surface area contributed by atoms with Crippen LogP contribution >= 0.6 is 0 Å². The molecule has 0 unspecified atom stereocenters. The van der Waals surface area contributed by atoms with Crippen molar-refractivity contribution in [3.05, 3.63) is 30.3 Å². The first-order valence-corrected chi connectivity index (χ1v) is 2.40. The number of anilines is 1. The third kappa shape index (κ3) is 0.997. The largest absolute Gasteiger partial charge is 0.388 e. The lowest BCUT2D eigenvalue weighted by molar-refractivity contribution is 1.51. The summed E-state index contributed by atoms with van der Waals surface area (Å²) in [5.74, 6) is 0. The van der Waals surface area contributed by atoms with Gasteiger partial charge in [0, 0.05) is 12.7 Å². The first kappa shape index (κ1) is 2.53. The molecule has 42 valence electrons. The van der Waals surface area contributed by atoms with Gasteiger partial charge in [-0.3, -0.25) is 0 Å². The van der Waals surface area contributed by atoms with Crippen LogP contribution in [0.5, 0.6) is 0 Å². The third-order valence-electron chi connectivity index (χ3n) is 0.850. The van der Waals surface area contributed by atoms with Gasteiger partial charge in [-0.05, 0) is 12.1 Å². The molecule has 0 radical (unpaired) electrons. The molecule has 0 aliphatic heterocycles. The molecule has 0 aliphatic rings. The molecule has 0 spiro atoms. The third-order valence-corrected chi connectivity index (χ3v) is 0.850. The molecule has 0 aliphatic carbocycles. The molecule has 1 aromatic rings. The van der Waals surface area contributed by atoms with Crippen molar-refractivity contribution in [3.8, 4) is 0 Å². The molecule has 0 saturated heterocycles. The quantitative estimate of drug-likeness (QED) is 0.580. The fraction of sp³-hybridized carbons (Fsp3) is 0.143. The Hall–Kier alpha value is -0.980. The van der Waals surface area contributed by atoms with E-state index in [-0.39, 0.29) is 18.1 Å². The van der Waals surface area contributed by atoms with Crippen LogP contribution < -0.4 is 5.32 Å². The number of para-hydroxylation sites is 1. The Morgan fingerprint density at radius 3 is 2.62 bits per heavy atom. The minimum absolute atomic E-state index is 0.199. The monoisotopic (exact) mass is 110 g/mol. The van der Waals surface area contributed by atoms with Gasteiger partial charge in [0.1, 0.15) is 0 Å². The summed E-state index contributed by atoms with van der Waals surface area (Å²) in [5.41, 5.74) is 0.473. The van der Waals surface area contributed by atoms with Crippen molar-refractivity contribution < 1.29 is 4.11 Å². The summed E-state index contributed by atoms with van der Waals surface area (Å²) < 4.78 is 21.9.